The zero-order valence-electron chi connectivity index (χ0n) is 12.0. The second kappa shape index (κ2) is 6.08. The molecule has 0 aliphatic carbocycles. The van der Waals surface area contributed by atoms with Crippen molar-refractivity contribution in [3.05, 3.63) is 48.0 Å². The number of aryl methyl sites for hydroxylation is 1. The van der Waals surface area contributed by atoms with E-state index in [1.807, 2.05) is 19.3 Å². The van der Waals surface area contributed by atoms with E-state index in [4.69, 9.17) is 4.74 Å². The third-order valence-corrected chi connectivity index (χ3v) is 3.59. The van der Waals surface area contributed by atoms with Crippen molar-refractivity contribution in [2.45, 2.75) is 25.9 Å². The quantitative estimate of drug-likeness (QED) is 0.870. The van der Waals surface area contributed by atoms with Gasteiger partial charge in [0.25, 0.3) is 0 Å². The summed E-state index contributed by atoms with van der Waals surface area (Å²) in [6, 6.07) is 6.30. The van der Waals surface area contributed by atoms with Crippen LogP contribution in [-0.2, 0) is 0 Å². The van der Waals surface area contributed by atoms with E-state index in [9.17, 15) is 4.39 Å². The van der Waals surface area contributed by atoms with Gasteiger partial charge < -0.3 is 9.64 Å². The molecule has 1 aromatic heterocycles. The maximum absolute atomic E-state index is 13.1. The molecular formula is C16H18FN3O. The Morgan fingerprint density at radius 1 is 1.19 bits per heavy atom. The smallest absolute Gasteiger partial charge is 0.225 e. The van der Waals surface area contributed by atoms with E-state index in [0.717, 1.165) is 37.4 Å². The number of nitrogens with zero attached hydrogens (tertiary/aromatic N) is 3. The lowest BCUT2D eigenvalue weighted by molar-refractivity contribution is 0.170. The van der Waals surface area contributed by atoms with Crippen LogP contribution in [0, 0.1) is 12.7 Å². The Morgan fingerprint density at radius 2 is 1.90 bits per heavy atom. The minimum atomic E-state index is -0.266. The molecule has 0 unspecified atom stereocenters. The van der Waals surface area contributed by atoms with Gasteiger partial charge in [-0.1, -0.05) is 6.07 Å². The number of piperidine rings is 1. The molecule has 0 saturated carbocycles. The third-order valence-electron chi connectivity index (χ3n) is 3.59. The van der Waals surface area contributed by atoms with E-state index in [0.29, 0.717) is 5.75 Å². The number of ether oxygens (including phenoxy) is 1. The average molecular weight is 287 g/mol. The summed E-state index contributed by atoms with van der Waals surface area (Å²) in [5.74, 6) is 1.10. The molecule has 1 aliphatic rings. The second-order valence-electron chi connectivity index (χ2n) is 5.32. The minimum Gasteiger partial charge on any atom is -0.490 e. The molecule has 0 amide bonds. The predicted octanol–water partition coefficient (Wildman–Crippen LogP) is 2.97. The first-order valence-electron chi connectivity index (χ1n) is 7.16. The minimum absolute atomic E-state index is 0.119. The van der Waals surface area contributed by atoms with Gasteiger partial charge in [0, 0.05) is 44.4 Å². The first-order valence-corrected chi connectivity index (χ1v) is 7.16. The van der Waals surface area contributed by atoms with E-state index in [-0.39, 0.29) is 11.9 Å². The zero-order valence-corrected chi connectivity index (χ0v) is 12.0. The third kappa shape index (κ3) is 3.48. The van der Waals surface area contributed by atoms with Crippen LogP contribution in [0.15, 0.2) is 36.7 Å². The van der Waals surface area contributed by atoms with Gasteiger partial charge in [-0.3, -0.25) is 0 Å². The zero-order chi connectivity index (χ0) is 14.7. The maximum atomic E-state index is 13.1. The Labute approximate surface area is 123 Å². The number of rotatable bonds is 3. The number of hydrogen-bond acceptors (Lipinski definition) is 4. The topological polar surface area (TPSA) is 38.2 Å². The van der Waals surface area contributed by atoms with Gasteiger partial charge in [-0.25, -0.2) is 14.4 Å². The fourth-order valence-electron chi connectivity index (χ4n) is 2.46. The molecule has 1 saturated heterocycles. The van der Waals surface area contributed by atoms with E-state index in [1.165, 1.54) is 12.1 Å². The van der Waals surface area contributed by atoms with Crippen molar-refractivity contribution in [1.82, 2.24) is 9.97 Å². The standard InChI is InChI=1S/C16H18FN3O/c1-12-10-18-16(19-11-12)20-7-5-14(6-8-20)21-15-4-2-3-13(17)9-15/h2-4,9-11,14H,5-8H2,1H3. The van der Waals surface area contributed by atoms with Gasteiger partial charge in [0.2, 0.25) is 5.95 Å². The Kier molecular flexibility index (Phi) is 3.99. The number of halogens is 1. The molecule has 1 aromatic carbocycles. The molecule has 110 valence electrons. The molecule has 0 spiro atoms. The Bertz CT molecular complexity index is 595. The van der Waals surface area contributed by atoms with Crippen LogP contribution >= 0.6 is 0 Å². The molecule has 3 rings (SSSR count). The van der Waals surface area contributed by atoms with Gasteiger partial charge in [0.1, 0.15) is 17.7 Å². The summed E-state index contributed by atoms with van der Waals surface area (Å²) in [5.41, 5.74) is 1.06. The van der Waals surface area contributed by atoms with E-state index < -0.39 is 0 Å². The monoisotopic (exact) mass is 287 g/mol. The Balaban J connectivity index is 1.56. The van der Waals surface area contributed by atoms with Gasteiger partial charge in [0.15, 0.2) is 0 Å². The SMILES string of the molecule is Cc1cnc(N2CCC(Oc3cccc(F)c3)CC2)nc1. The Hall–Kier alpha value is -2.17. The van der Waals surface area contributed by atoms with Crippen LogP contribution in [0.2, 0.25) is 0 Å². The van der Waals surface area contributed by atoms with Crippen LogP contribution in [0.1, 0.15) is 18.4 Å². The molecule has 4 nitrogen and oxygen atoms in total. The molecular weight excluding hydrogens is 269 g/mol. The van der Waals surface area contributed by atoms with E-state index in [2.05, 4.69) is 14.9 Å². The molecule has 1 aliphatic heterocycles. The number of benzene rings is 1. The lowest BCUT2D eigenvalue weighted by Crippen LogP contribution is -2.39. The van der Waals surface area contributed by atoms with Crippen molar-refractivity contribution in [3.8, 4) is 5.75 Å². The summed E-state index contributed by atoms with van der Waals surface area (Å²) >= 11 is 0. The van der Waals surface area contributed by atoms with Crippen LogP contribution in [0.25, 0.3) is 0 Å². The first kappa shape index (κ1) is 13.8. The van der Waals surface area contributed by atoms with Crippen molar-refractivity contribution in [1.29, 1.82) is 0 Å². The fourth-order valence-corrected chi connectivity index (χ4v) is 2.46. The summed E-state index contributed by atoms with van der Waals surface area (Å²) in [7, 11) is 0. The molecule has 21 heavy (non-hydrogen) atoms. The molecule has 5 heteroatoms. The second-order valence-corrected chi connectivity index (χ2v) is 5.32. The highest BCUT2D eigenvalue weighted by Crippen LogP contribution is 2.21. The molecule has 0 bridgehead atoms. The highest BCUT2D eigenvalue weighted by atomic mass is 19.1. The average Bonchev–Trinajstić information content (AvgIpc) is 2.49. The van der Waals surface area contributed by atoms with Gasteiger partial charge in [-0.2, -0.15) is 0 Å². The van der Waals surface area contributed by atoms with Crippen molar-refractivity contribution >= 4 is 5.95 Å². The molecule has 2 aromatic rings. The van der Waals surface area contributed by atoms with Crippen molar-refractivity contribution in [2.24, 2.45) is 0 Å². The highest BCUT2D eigenvalue weighted by Gasteiger charge is 2.22. The molecule has 0 N–H and O–H groups in total. The van der Waals surface area contributed by atoms with Crippen molar-refractivity contribution in [3.63, 3.8) is 0 Å². The van der Waals surface area contributed by atoms with Crippen molar-refractivity contribution < 1.29 is 9.13 Å². The van der Waals surface area contributed by atoms with Gasteiger partial charge in [0.05, 0.1) is 0 Å². The van der Waals surface area contributed by atoms with Crippen LogP contribution in [-0.4, -0.2) is 29.2 Å². The lowest BCUT2D eigenvalue weighted by atomic mass is 10.1. The normalized spacial score (nSPS) is 16.0. The summed E-state index contributed by atoms with van der Waals surface area (Å²) in [6.45, 7) is 3.68. The molecule has 2 heterocycles. The van der Waals surface area contributed by atoms with Crippen LogP contribution in [0.5, 0.6) is 5.75 Å². The fraction of sp³-hybridized carbons (Fsp3) is 0.375. The number of anilines is 1. The number of aromatic nitrogens is 2. The lowest BCUT2D eigenvalue weighted by Gasteiger charge is -2.32. The summed E-state index contributed by atoms with van der Waals surface area (Å²) in [4.78, 5) is 10.9. The summed E-state index contributed by atoms with van der Waals surface area (Å²) in [6.07, 6.45) is 5.55. The number of hydrogen-bond donors (Lipinski definition) is 0. The van der Waals surface area contributed by atoms with Crippen LogP contribution < -0.4 is 9.64 Å². The highest BCUT2D eigenvalue weighted by molar-refractivity contribution is 5.30. The van der Waals surface area contributed by atoms with Crippen molar-refractivity contribution in [2.75, 3.05) is 18.0 Å². The van der Waals surface area contributed by atoms with Crippen LogP contribution in [0.4, 0.5) is 10.3 Å². The van der Waals surface area contributed by atoms with Gasteiger partial charge >= 0.3 is 0 Å². The largest absolute Gasteiger partial charge is 0.490 e. The maximum Gasteiger partial charge on any atom is 0.225 e. The molecule has 1 fully saturated rings. The predicted molar refractivity (Wildman–Crippen MR) is 79.0 cm³/mol. The summed E-state index contributed by atoms with van der Waals surface area (Å²) < 4.78 is 19.0. The molecule has 0 radical (unpaired) electrons. The van der Waals surface area contributed by atoms with E-state index >= 15 is 0 Å². The first-order chi connectivity index (χ1) is 10.2. The van der Waals surface area contributed by atoms with E-state index in [1.54, 1.807) is 12.1 Å². The van der Waals surface area contributed by atoms with Gasteiger partial charge in [-0.15, -0.1) is 0 Å². The van der Waals surface area contributed by atoms with Crippen LogP contribution in [0.3, 0.4) is 0 Å². The van der Waals surface area contributed by atoms with Gasteiger partial charge in [-0.05, 0) is 24.6 Å². The Morgan fingerprint density at radius 3 is 2.57 bits per heavy atom. The molecule has 0 atom stereocenters. The summed E-state index contributed by atoms with van der Waals surface area (Å²) in [5, 5.41) is 0.